The number of allylic oxidation sites excluding steroid dienone is 4. The van der Waals surface area contributed by atoms with Crippen molar-refractivity contribution in [3.63, 3.8) is 0 Å². The molecule has 0 aliphatic heterocycles. The summed E-state index contributed by atoms with van der Waals surface area (Å²) in [4.78, 5) is 12.5. The summed E-state index contributed by atoms with van der Waals surface area (Å²) < 4.78 is 0. The Morgan fingerprint density at radius 3 is 0.952 bits per heavy atom. The average molecular weight is 887 g/mol. The third kappa shape index (κ3) is 51.7. The molecule has 4 nitrogen and oxygen atoms in total. The lowest BCUT2D eigenvalue weighted by Crippen LogP contribution is -2.45. The van der Waals surface area contributed by atoms with Crippen LogP contribution in [0.25, 0.3) is 0 Å². The van der Waals surface area contributed by atoms with E-state index in [2.05, 4.69) is 43.5 Å². The van der Waals surface area contributed by atoms with Gasteiger partial charge in [-0.15, -0.1) is 0 Å². The van der Waals surface area contributed by atoms with Crippen molar-refractivity contribution in [3.8, 4) is 0 Å². The molecule has 0 aromatic carbocycles. The number of carbonyl (C=O) groups is 1. The average Bonchev–Trinajstić information content (AvgIpc) is 3.29. The first-order valence-corrected chi connectivity index (χ1v) is 29.0. The van der Waals surface area contributed by atoms with Gasteiger partial charge in [0.15, 0.2) is 0 Å². The molecule has 0 aromatic rings. The van der Waals surface area contributed by atoms with Gasteiger partial charge in [-0.05, 0) is 44.9 Å². The molecule has 3 N–H and O–H groups in total. The Hall–Kier alpha value is -1.13. The van der Waals surface area contributed by atoms with E-state index < -0.39 is 12.1 Å². The second-order valence-electron chi connectivity index (χ2n) is 20.1. The zero-order chi connectivity index (χ0) is 45.6. The number of nitrogens with one attached hydrogen (secondary N) is 1. The van der Waals surface area contributed by atoms with Crippen LogP contribution >= 0.6 is 0 Å². The number of carbonyl (C=O) groups excluding carboxylic acids is 1. The van der Waals surface area contributed by atoms with Gasteiger partial charge < -0.3 is 15.5 Å². The molecule has 0 heterocycles. The van der Waals surface area contributed by atoms with E-state index in [-0.39, 0.29) is 12.5 Å². The summed E-state index contributed by atoms with van der Waals surface area (Å²) in [5.74, 6) is -0.0268. The third-order valence-corrected chi connectivity index (χ3v) is 13.7. The predicted molar refractivity (Wildman–Crippen MR) is 281 cm³/mol. The van der Waals surface area contributed by atoms with Crippen molar-refractivity contribution in [2.45, 2.75) is 341 Å². The van der Waals surface area contributed by atoms with Crippen LogP contribution in [-0.2, 0) is 4.79 Å². The molecule has 0 aliphatic carbocycles. The molecule has 0 fully saturated rings. The van der Waals surface area contributed by atoms with Crippen LogP contribution in [0.2, 0.25) is 0 Å². The minimum atomic E-state index is -0.659. The van der Waals surface area contributed by atoms with Crippen molar-refractivity contribution in [2.75, 3.05) is 6.61 Å². The van der Waals surface area contributed by atoms with Gasteiger partial charge >= 0.3 is 0 Å². The van der Waals surface area contributed by atoms with Crippen molar-refractivity contribution in [2.24, 2.45) is 0 Å². The van der Waals surface area contributed by atoms with E-state index in [9.17, 15) is 15.0 Å². The van der Waals surface area contributed by atoms with E-state index in [1.807, 2.05) is 0 Å². The van der Waals surface area contributed by atoms with Crippen molar-refractivity contribution in [1.29, 1.82) is 0 Å². The number of hydrogen-bond acceptors (Lipinski definition) is 3. The van der Waals surface area contributed by atoms with E-state index in [0.29, 0.717) is 12.8 Å². The maximum Gasteiger partial charge on any atom is 0.220 e. The first-order chi connectivity index (χ1) is 31.2. The molecule has 2 atom stereocenters. The van der Waals surface area contributed by atoms with Gasteiger partial charge in [-0.3, -0.25) is 4.79 Å². The molecule has 0 bridgehead atoms. The third-order valence-electron chi connectivity index (χ3n) is 13.7. The number of aliphatic hydroxyl groups is 2. The monoisotopic (exact) mass is 886 g/mol. The Kier molecular flexibility index (Phi) is 54.2. The van der Waals surface area contributed by atoms with Crippen LogP contribution in [0.4, 0.5) is 0 Å². The lowest BCUT2D eigenvalue weighted by atomic mass is 10.0. The van der Waals surface area contributed by atoms with Crippen molar-refractivity contribution < 1.29 is 15.0 Å². The lowest BCUT2D eigenvalue weighted by Gasteiger charge is -2.22. The predicted octanol–water partition coefficient (Wildman–Crippen LogP) is 19.1. The van der Waals surface area contributed by atoms with Gasteiger partial charge in [-0.25, -0.2) is 0 Å². The van der Waals surface area contributed by atoms with Crippen LogP contribution in [0.15, 0.2) is 24.3 Å². The number of unbranched alkanes of at least 4 members (excludes halogenated alkanes) is 43. The first kappa shape index (κ1) is 61.9. The van der Waals surface area contributed by atoms with Crippen molar-refractivity contribution >= 4 is 5.91 Å². The normalized spacial score (nSPS) is 12.9. The maximum absolute atomic E-state index is 12.5. The van der Waals surface area contributed by atoms with Gasteiger partial charge in [-0.2, -0.15) is 0 Å². The number of rotatable bonds is 54. The second kappa shape index (κ2) is 55.2. The fourth-order valence-corrected chi connectivity index (χ4v) is 9.28. The number of amides is 1. The smallest absolute Gasteiger partial charge is 0.220 e. The molecule has 63 heavy (non-hydrogen) atoms. The molecular weight excluding hydrogens is 771 g/mol. The zero-order valence-corrected chi connectivity index (χ0v) is 43.1. The Bertz CT molecular complexity index is 916. The Morgan fingerprint density at radius 1 is 0.381 bits per heavy atom. The second-order valence-corrected chi connectivity index (χ2v) is 20.1. The Morgan fingerprint density at radius 2 is 0.651 bits per heavy atom. The fourth-order valence-electron chi connectivity index (χ4n) is 9.28. The molecule has 0 aliphatic rings. The molecular formula is C59H115NO3. The Labute approximate surface area is 396 Å². The standard InChI is InChI=1S/C59H115NO3/c1-3-5-7-9-11-13-15-17-19-21-23-25-27-28-29-30-31-32-33-35-37-39-41-43-45-47-49-51-53-55-59(63)60-57(56-61)58(62)54-52-50-48-46-44-42-40-38-36-34-26-24-22-20-18-16-14-12-10-8-6-4-2/h23,25,28-29,57-58,61-62H,3-22,24,26-27,30-56H2,1-2H3,(H,60,63)/b25-23-,29-28-. The van der Waals surface area contributed by atoms with E-state index >= 15 is 0 Å². The van der Waals surface area contributed by atoms with E-state index in [4.69, 9.17) is 0 Å². The van der Waals surface area contributed by atoms with Crippen LogP contribution in [0.1, 0.15) is 328 Å². The minimum absolute atomic E-state index is 0.0268. The first-order valence-electron chi connectivity index (χ1n) is 29.0. The molecule has 0 saturated heterocycles. The molecule has 4 heteroatoms. The minimum Gasteiger partial charge on any atom is -0.394 e. The quantitative estimate of drug-likeness (QED) is 0.0421. The summed E-state index contributed by atoms with van der Waals surface area (Å²) in [5.41, 5.74) is 0. The SMILES string of the molecule is CCCCCCCCCCC/C=C\C/C=C\CCCCCCCCCCCCCCCC(=O)NC(CO)C(O)CCCCCCCCCCCCCCCCCCCCCCCC. The van der Waals surface area contributed by atoms with Gasteiger partial charge in [0.25, 0.3) is 0 Å². The Balaban J connectivity index is 3.44. The van der Waals surface area contributed by atoms with Gasteiger partial charge in [0.05, 0.1) is 18.8 Å². The van der Waals surface area contributed by atoms with Crippen molar-refractivity contribution in [3.05, 3.63) is 24.3 Å². The van der Waals surface area contributed by atoms with E-state index in [1.165, 1.54) is 270 Å². The summed E-state index contributed by atoms with van der Waals surface area (Å²) in [6, 6.07) is -0.536. The summed E-state index contributed by atoms with van der Waals surface area (Å²) in [7, 11) is 0. The molecule has 374 valence electrons. The summed E-state index contributed by atoms with van der Waals surface area (Å²) in [5, 5.41) is 23.4. The fraction of sp³-hybridized carbons (Fsp3) is 0.915. The molecule has 0 aromatic heterocycles. The highest BCUT2D eigenvalue weighted by atomic mass is 16.3. The maximum atomic E-state index is 12.5. The van der Waals surface area contributed by atoms with Crippen LogP contribution in [0, 0.1) is 0 Å². The van der Waals surface area contributed by atoms with E-state index in [0.717, 1.165) is 32.1 Å². The summed E-state index contributed by atoms with van der Waals surface area (Å²) in [6.45, 7) is 4.39. The highest BCUT2D eigenvalue weighted by Gasteiger charge is 2.20. The van der Waals surface area contributed by atoms with Crippen LogP contribution in [0.3, 0.4) is 0 Å². The summed E-state index contributed by atoms with van der Waals surface area (Å²) in [6.07, 6.45) is 73.1. The molecule has 1 amide bonds. The molecule has 0 rings (SSSR count). The van der Waals surface area contributed by atoms with Crippen LogP contribution in [-0.4, -0.2) is 34.9 Å². The molecule has 0 saturated carbocycles. The lowest BCUT2D eigenvalue weighted by molar-refractivity contribution is -0.123. The van der Waals surface area contributed by atoms with Crippen LogP contribution in [0.5, 0.6) is 0 Å². The van der Waals surface area contributed by atoms with Gasteiger partial charge in [0.1, 0.15) is 0 Å². The van der Waals surface area contributed by atoms with Gasteiger partial charge in [-0.1, -0.05) is 301 Å². The molecule has 0 radical (unpaired) electrons. The van der Waals surface area contributed by atoms with Gasteiger partial charge in [0.2, 0.25) is 5.91 Å². The summed E-state index contributed by atoms with van der Waals surface area (Å²) >= 11 is 0. The zero-order valence-electron chi connectivity index (χ0n) is 43.1. The molecule has 2 unspecified atom stereocenters. The number of hydrogen-bond donors (Lipinski definition) is 3. The molecule has 0 spiro atoms. The van der Waals surface area contributed by atoms with Gasteiger partial charge in [0, 0.05) is 6.42 Å². The highest BCUT2D eigenvalue weighted by Crippen LogP contribution is 2.18. The van der Waals surface area contributed by atoms with Crippen LogP contribution < -0.4 is 5.32 Å². The number of aliphatic hydroxyl groups excluding tert-OH is 2. The largest absolute Gasteiger partial charge is 0.394 e. The highest BCUT2D eigenvalue weighted by molar-refractivity contribution is 5.76. The topological polar surface area (TPSA) is 69.6 Å². The van der Waals surface area contributed by atoms with E-state index in [1.54, 1.807) is 0 Å². The van der Waals surface area contributed by atoms with Crippen molar-refractivity contribution in [1.82, 2.24) is 5.32 Å².